The molecule has 1 fully saturated rings. The lowest BCUT2D eigenvalue weighted by Gasteiger charge is -2.26. The van der Waals surface area contributed by atoms with Crippen molar-refractivity contribution in [3.05, 3.63) is 102 Å². The Morgan fingerprint density at radius 2 is 1.51 bits per heavy atom. The number of amides is 2. The third kappa shape index (κ3) is 7.48. The normalized spacial score (nSPS) is 15.0. The average molecular weight is 568 g/mol. The number of hydrogen-bond donors (Lipinski definition) is 2. The Labute approximate surface area is 234 Å². The van der Waals surface area contributed by atoms with E-state index in [4.69, 9.17) is 4.74 Å². The second-order valence-electron chi connectivity index (χ2n) is 9.11. The summed E-state index contributed by atoms with van der Waals surface area (Å²) in [5.74, 6) is -0.163. The molecule has 3 aromatic carbocycles. The van der Waals surface area contributed by atoms with Gasteiger partial charge in [0.15, 0.2) is 0 Å². The minimum Gasteiger partial charge on any atom is -0.379 e. The lowest BCUT2D eigenvalue weighted by atomic mass is 9.98. The van der Waals surface area contributed by atoms with Gasteiger partial charge in [0.25, 0.3) is 5.91 Å². The molecule has 0 unspecified atom stereocenters. The van der Waals surface area contributed by atoms with Crippen LogP contribution in [-0.4, -0.2) is 68.9 Å². The Balaban J connectivity index is 1.53. The number of hydrogen-bond acceptors (Lipinski definition) is 6. The van der Waals surface area contributed by atoms with Gasteiger partial charge in [-0.3, -0.25) is 9.59 Å². The van der Waals surface area contributed by atoms with Gasteiger partial charge in [-0.15, -0.1) is 0 Å². The minimum atomic E-state index is -3.76. The van der Waals surface area contributed by atoms with Gasteiger partial charge in [-0.1, -0.05) is 66.7 Å². The van der Waals surface area contributed by atoms with Gasteiger partial charge in [-0.05, 0) is 47.8 Å². The van der Waals surface area contributed by atoms with Crippen molar-refractivity contribution >= 4 is 33.6 Å². The maximum absolute atomic E-state index is 13.6. The molecule has 206 valence electrons. The van der Waals surface area contributed by atoms with E-state index >= 15 is 0 Å². The highest BCUT2D eigenvalue weighted by Crippen LogP contribution is 2.23. The molecule has 0 aliphatic carbocycles. The highest BCUT2D eigenvalue weighted by Gasteiger charge is 2.28. The standard InChI is InChI=1S/C29H33N3O5S2/c1-38-20-15-26(29(34)31-27(22-9-4-2-5-10-22)23-11-6-3-7-12-23)30-28(33)24-13-8-14-25(21-24)39(35,36)32-16-18-37-19-17-32/h2-14,21,26-27H,15-20H2,1H3,(H,30,33)(H,31,34)/t26-/m1/s1. The van der Waals surface area contributed by atoms with Crippen LogP contribution >= 0.6 is 11.8 Å². The molecule has 1 atom stereocenters. The summed E-state index contributed by atoms with van der Waals surface area (Å²) < 4.78 is 32.8. The zero-order chi connectivity index (χ0) is 27.7. The van der Waals surface area contributed by atoms with E-state index in [1.807, 2.05) is 66.9 Å². The fourth-order valence-electron chi connectivity index (χ4n) is 4.37. The maximum Gasteiger partial charge on any atom is 0.251 e. The molecule has 0 bridgehead atoms. The summed E-state index contributed by atoms with van der Waals surface area (Å²) in [7, 11) is -3.76. The number of nitrogens with zero attached hydrogens (tertiary/aromatic N) is 1. The molecule has 8 nitrogen and oxygen atoms in total. The van der Waals surface area contributed by atoms with Crippen LogP contribution in [0.5, 0.6) is 0 Å². The first-order chi connectivity index (χ1) is 18.9. The molecule has 2 amide bonds. The molecule has 3 aromatic rings. The third-order valence-electron chi connectivity index (χ3n) is 6.49. The van der Waals surface area contributed by atoms with E-state index in [0.29, 0.717) is 25.4 Å². The summed E-state index contributed by atoms with van der Waals surface area (Å²) >= 11 is 1.58. The van der Waals surface area contributed by atoms with E-state index in [1.54, 1.807) is 23.9 Å². The molecular formula is C29H33N3O5S2. The summed E-state index contributed by atoms with van der Waals surface area (Å²) in [6.07, 6.45) is 2.36. The van der Waals surface area contributed by atoms with Gasteiger partial charge in [0.2, 0.25) is 15.9 Å². The predicted molar refractivity (Wildman–Crippen MR) is 153 cm³/mol. The number of morpholine rings is 1. The number of rotatable bonds is 11. The highest BCUT2D eigenvalue weighted by molar-refractivity contribution is 7.98. The fourth-order valence-corrected chi connectivity index (χ4v) is 6.30. The Morgan fingerprint density at radius 1 is 0.897 bits per heavy atom. The van der Waals surface area contributed by atoms with Crippen LogP contribution in [-0.2, 0) is 19.6 Å². The smallest absolute Gasteiger partial charge is 0.251 e. The molecule has 10 heteroatoms. The van der Waals surface area contributed by atoms with E-state index < -0.39 is 28.0 Å². The monoisotopic (exact) mass is 567 g/mol. The van der Waals surface area contributed by atoms with Crippen molar-refractivity contribution in [1.29, 1.82) is 0 Å². The van der Waals surface area contributed by atoms with Crippen LogP contribution in [0.1, 0.15) is 33.9 Å². The molecule has 0 radical (unpaired) electrons. The number of sulfonamides is 1. The van der Waals surface area contributed by atoms with E-state index in [0.717, 1.165) is 11.1 Å². The third-order valence-corrected chi connectivity index (χ3v) is 9.03. The predicted octanol–water partition coefficient (Wildman–Crippen LogP) is 3.46. The molecule has 4 rings (SSSR count). The first kappa shape index (κ1) is 28.8. The van der Waals surface area contributed by atoms with Crippen molar-refractivity contribution in [2.45, 2.75) is 23.4 Å². The van der Waals surface area contributed by atoms with Crippen LogP contribution in [0.4, 0.5) is 0 Å². The van der Waals surface area contributed by atoms with Gasteiger partial charge in [-0.2, -0.15) is 16.1 Å². The first-order valence-corrected chi connectivity index (χ1v) is 15.6. The van der Waals surface area contributed by atoms with Crippen molar-refractivity contribution in [3.8, 4) is 0 Å². The zero-order valence-corrected chi connectivity index (χ0v) is 23.4. The van der Waals surface area contributed by atoms with Gasteiger partial charge in [0.1, 0.15) is 6.04 Å². The van der Waals surface area contributed by atoms with Crippen LogP contribution in [0.3, 0.4) is 0 Å². The fraction of sp³-hybridized carbons (Fsp3) is 0.310. The second kappa shape index (κ2) is 13.7. The molecule has 39 heavy (non-hydrogen) atoms. The van der Waals surface area contributed by atoms with E-state index in [9.17, 15) is 18.0 Å². The maximum atomic E-state index is 13.6. The van der Waals surface area contributed by atoms with Gasteiger partial charge in [0.05, 0.1) is 24.2 Å². The molecule has 0 aromatic heterocycles. The Morgan fingerprint density at radius 3 is 2.10 bits per heavy atom. The SMILES string of the molecule is CSCC[C@@H](NC(=O)c1cccc(S(=O)(=O)N2CCOCC2)c1)C(=O)NC(c1ccccc1)c1ccccc1. The lowest BCUT2D eigenvalue weighted by molar-refractivity contribution is -0.123. The number of thioether (sulfide) groups is 1. The average Bonchev–Trinajstić information content (AvgIpc) is 2.99. The van der Waals surface area contributed by atoms with Crippen LogP contribution in [0.15, 0.2) is 89.8 Å². The van der Waals surface area contributed by atoms with E-state index in [-0.39, 0.29) is 29.5 Å². The molecular weight excluding hydrogens is 534 g/mol. The van der Waals surface area contributed by atoms with Crippen molar-refractivity contribution in [1.82, 2.24) is 14.9 Å². The molecule has 1 saturated heterocycles. The quantitative estimate of drug-likeness (QED) is 0.368. The van der Waals surface area contributed by atoms with Crippen LogP contribution in [0.25, 0.3) is 0 Å². The van der Waals surface area contributed by atoms with Gasteiger partial charge in [0, 0.05) is 18.7 Å². The van der Waals surface area contributed by atoms with Crippen LogP contribution < -0.4 is 10.6 Å². The Kier molecular flexibility index (Phi) is 10.2. The van der Waals surface area contributed by atoms with Crippen molar-refractivity contribution < 1.29 is 22.7 Å². The van der Waals surface area contributed by atoms with Crippen molar-refractivity contribution in [3.63, 3.8) is 0 Å². The lowest BCUT2D eigenvalue weighted by Crippen LogP contribution is -2.48. The summed E-state index contributed by atoms with van der Waals surface area (Å²) in [4.78, 5) is 26.9. The Hall–Kier alpha value is -3.18. The minimum absolute atomic E-state index is 0.0374. The first-order valence-electron chi connectivity index (χ1n) is 12.8. The summed E-state index contributed by atoms with van der Waals surface area (Å²) in [5, 5.41) is 5.96. The largest absolute Gasteiger partial charge is 0.379 e. The molecule has 2 N–H and O–H groups in total. The summed E-state index contributed by atoms with van der Waals surface area (Å²) in [6.45, 7) is 1.19. The van der Waals surface area contributed by atoms with E-state index in [2.05, 4.69) is 10.6 Å². The molecule has 1 aliphatic rings. The molecule has 1 aliphatic heterocycles. The molecule has 1 heterocycles. The molecule has 0 saturated carbocycles. The van der Waals surface area contributed by atoms with Crippen LogP contribution in [0.2, 0.25) is 0 Å². The van der Waals surface area contributed by atoms with Crippen LogP contribution in [0, 0.1) is 0 Å². The Bertz CT molecular complexity index is 1310. The number of benzene rings is 3. The van der Waals surface area contributed by atoms with Gasteiger partial charge >= 0.3 is 0 Å². The van der Waals surface area contributed by atoms with E-state index in [1.165, 1.54) is 16.4 Å². The highest BCUT2D eigenvalue weighted by atomic mass is 32.2. The van der Waals surface area contributed by atoms with Gasteiger partial charge in [-0.25, -0.2) is 8.42 Å². The number of carbonyl (C=O) groups excluding carboxylic acids is 2. The second-order valence-corrected chi connectivity index (χ2v) is 12.0. The van der Waals surface area contributed by atoms with Crippen molar-refractivity contribution in [2.75, 3.05) is 38.3 Å². The van der Waals surface area contributed by atoms with Gasteiger partial charge < -0.3 is 15.4 Å². The molecule has 0 spiro atoms. The summed E-state index contributed by atoms with van der Waals surface area (Å²) in [5.41, 5.74) is 2.02. The summed E-state index contributed by atoms with van der Waals surface area (Å²) in [6, 6.07) is 24.1. The topological polar surface area (TPSA) is 105 Å². The number of nitrogens with one attached hydrogen (secondary N) is 2. The van der Waals surface area contributed by atoms with Crippen molar-refractivity contribution in [2.24, 2.45) is 0 Å². The zero-order valence-electron chi connectivity index (χ0n) is 21.8. The number of carbonyl (C=O) groups is 2. The number of ether oxygens (including phenoxy) is 1.